The highest BCUT2D eigenvalue weighted by atomic mass is 19.1. The maximum atomic E-state index is 13.8. The molecule has 2 amide bonds. The second-order valence-electron chi connectivity index (χ2n) is 7.75. The number of rotatable bonds is 6. The summed E-state index contributed by atoms with van der Waals surface area (Å²) in [6.07, 6.45) is 1.56. The van der Waals surface area contributed by atoms with Crippen molar-refractivity contribution in [2.24, 2.45) is 0 Å². The molecule has 170 valence electrons. The second-order valence-corrected chi connectivity index (χ2v) is 7.75. The molecule has 0 aliphatic heterocycles. The Morgan fingerprint density at radius 3 is 2.21 bits per heavy atom. The number of nitrogens with one attached hydrogen (secondary N) is 2. The lowest BCUT2D eigenvalue weighted by molar-refractivity contribution is 0.0948. The van der Waals surface area contributed by atoms with Crippen LogP contribution in [0.4, 0.5) is 10.1 Å². The maximum absolute atomic E-state index is 13.8. The van der Waals surface area contributed by atoms with E-state index in [0.717, 1.165) is 11.1 Å². The van der Waals surface area contributed by atoms with E-state index in [4.69, 9.17) is 0 Å². The van der Waals surface area contributed by atoms with Crippen LogP contribution in [0.2, 0.25) is 0 Å². The first-order chi connectivity index (χ1) is 16.4. The average molecular weight is 455 g/mol. The molecule has 34 heavy (non-hydrogen) atoms. The molecule has 2 N–H and O–H groups in total. The van der Waals surface area contributed by atoms with E-state index >= 15 is 0 Å². The first-order valence-corrected chi connectivity index (χ1v) is 10.6. The quantitative estimate of drug-likeness (QED) is 0.450. The summed E-state index contributed by atoms with van der Waals surface area (Å²) in [6, 6.07) is 23.0. The van der Waals surface area contributed by atoms with Crippen molar-refractivity contribution < 1.29 is 14.0 Å². The molecule has 0 aliphatic carbocycles. The summed E-state index contributed by atoms with van der Waals surface area (Å²) in [7, 11) is 0. The Hall–Kier alpha value is -4.52. The van der Waals surface area contributed by atoms with E-state index in [1.165, 1.54) is 28.8 Å². The molecule has 3 aromatic carbocycles. The third-order valence-electron chi connectivity index (χ3n) is 5.29. The minimum atomic E-state index is -0.611. The number of anilines is 1. The van der Waals surface area contributed by atoms with Crippen LogP contribution in [0.5, 0.6) is 0 Å². The predicted molar refractivity (Wildman–Crippen MR) is 129 cm³/mol. The minimum Gasteiger partial charge on any atom is -0.348 e. The molecule has 0 saturated carbocycles. The van der Waals surface area contributed by atoms with Crippen molar-refractivity contribution in [1.82, 2.24) is 9.88 Å². The fraction of sp³-hybridized carbons (Fsp3) is 0.0741. The van der Waals surface area contributed by atoms with Crippen LogP contribution in [0, 0.1) is 12.7 Å². The molecule has 6 nitrogen and oxygen atoms in total. The summed E-state index contributed by atoms with van der Waals surface area (Å²) in [5.74, 6) is -1.65. The van der Waals surface area contributed by atoms with Crippen LogP contribution in [0.3, 0.4) is 0 Å². The van der Waals surface area contributed by atoms with Gasteiger partial charge >= 0.3 is 0 Å². The number of hydrogen-bond acceptors (Lipinski definition) is 3. The van der Waals surface area contributed by atoms with E-state index in [1.54, 1.807) is 42.6 Å². The summed E-state index contributed by atoms with van der Waals surface area (Å²) >= 11 is 0. The van der Waals surface area contributed by atoms with Crippen LogP contribution in [0.15, 0.2) is 95.9 Å². The summed E-state index contributed by atoms with van der Waals surface area (Å²) < 4.78 is 15.2. The maximum Gasteiger partial charge on any atom is 0.267 e. The van der Waals surface area contributed by atoms with Crippen LogP contribution in [0.25, 0.3) is 5.69 Å². The molecule has 0 radical (unpaired) electrons. The Labute approximate surface area is 195 Å². The summed E-state index contributed by atoms with van der Waals surface area (Å²) in [4.78, 5) is 37.9. The van der Waals surface area contributed by atoms with Gasteiger partial charge in [0.05, 0.1) is 5.56 Å². The number of pyridine rings is 1. The lowest BCUT2D eigenvalue weighted by Gasteiger charge is -2.11. The van der Waals surface area contributed by atoms with Gasteiger partial charge in [0.15, 0.2) is 0 Å². The number of halogens is 1. The smallest absolute Gasteiger partial charge is 0.267 e. The minimum absolute atomic E-state index is 0.0199. The Morgan fingerprint density at radius 2 is 1.50 bits per heavy atom. The third-order valence-corrected chi connectivity index (χ3v) is 5.29. The number of amides is 2. The van der Waals surface area contributed by atoms with Gasteiger partial charge in [-0.25, -0.2) is 4.39 Å². The second kappa shape index (κ2) is 9.95. The van der Waals surface area contributed by atoms with Crippen molar-refractivity contribution in [3.8, 4) is 5.69 Å². The van der Waals surface area contributed by atoms with Crippen LogP contribution in [-0.4, -0.2) is 16.4 Å². The lowest BCUT2D eigenvalue weighted by atomic mass is 10.1. The molecule has 1 heterocycles. The Kier molecular flexibility index (Phi) is 6.64. The number of carbonyl (C=O) groups is 2. The van der Waals surface area contributed by atoms with Crippen molar-refractivity contribution in [3.63, 3.8) is 0 Å². The monoisotopic (exact) mass is 455 g/mol. The first-order valence-electron chi connectivity index (χ1n) is 10.6. The van der Waals surface area contributed by atoms with Gasteiger partial charge < -0.3 is 10.6 Å². The van der Waals surface area contributed by atoms with Crippen LogP contribution >= 0.6 is 0 Å². The normalized spacial score (nSPS) is 10.5. The number of hydrogen-bond donors (Lipinski definition) is 2. The van der Waals surface area contributed by atoms with E-state index in [1.807, 2.05) is 31.2 Å². The fourth-order valence-electron chi connectivity index (χ4n) is 3.40. The van der Waals surface area contributed by atoms with E-state index in [0.29, 0.717) is 17.9 Å². The number of aromatic nitrogens is 1. The molecule has 0 spiro atoms. The Morgan fingerprint density at radius 1 is 0.824 bits per heavy atom. The van der Waals surface area contributed by atoms with Crippen molar-refractivity contribution in [3.05, 3.63) is 130 Å². The van der Waals surface area contributed by atoms with E-state index < -0.39 is 23.2 Å². The van der Waals surface area contributed by atoms with Crippen molar-refractivity contribution in [2.75, 3.05) is 5.32 Å². The highest BCUT2D eigenvalue weighted by Crippen LogP contribution is 2.15. The van der Waals surface area contributed by atoms with Crippen LogP contribution in [-0.2, 0) is 6.54 Å². The Bertz CT molecular complexity index is 1390. The third kappa shape index (κ3) is 5.10. The summed E-state index contributed by atoms with van der Waals surface area (Å²) in [6.45, 7) is 2.29. The predicted octanol–water partition coefficient (Wildman–Crippen LogP) is 4.47. The Balaban J connectivity index is 1.48. The standard InChI is InChI=1S/C27H22FN3O3/c1-18-8-10-19(11-9-18)17-29-25(32)23-6-4-16-31(27(23)34)21-14-12-20(13-15-21)30-26(33)22-5-2-3-7-24(22)28/h2-16H,17H2,1H3,(H,29,32)(H,30,33). The van der Waals surface area contributed by atoms with Crippen molar-refractivity contribution in [1.29, 1.82) is 0 Å². The van der Waals surface area contributed by atoms with Crippen molar-refractivity contribution >= 4 is 17.5 Å². The molecule has 0 unspecified atom stereocenters. The molecule has 4 rings (SSSR count). The topological polar surface area (TPSA) is 80.2 Å². The average Bonchev–Trinajstić information content (AvgIpc) is 2.84. The molecule has 0 atom stereocenters. The molecule has 4 aromatic rings. The highest BCUT2D eigenvalue weighted by Gasteiger charge is 2.14. The molecule has 0 bridgehead atoms. The zero-order valence-electron chi connectivity index (χ0n) is 18.4. The van der Waals surface area contributed by atoms with Gasteiger partial charge in [0.2, 0.25) is 0 Å². The van der Waals surface area contributed by atoms with Gasteiger partial charge in [-0.05, 0) is 61.0 Å². The number of carbonyl (C=O) groups excluding carboxylic acids is 2. The van der Waals surface area contributed by atoms with Gasteiger partial charge in [0.1, 0.15) is 11.4 Å². The number of aryl methyl sites for hydroxylation is 1. The van der Waals surface area contributed by atoms with Gasteiger partial charge in [-0.15, -0.1) is 0 Å². The molecule has 0 saturated heterocycles. The van der Waals surface area contributed by atoms with Crippen LogP contribution in [0.1, 0.15) is 31.8 Å². The largest absolute Gasteiger partial charge is 0.348 e. The first kappa shape index (κ1) is 22.7. The van der Waals surface area contributed by atoms with Gasteiger partial charge in [-0.3, -0.25) is 19.0 Å². The molecule has 0 aliphatic rings. The molecule has 1 aromatic heterocycles. The summed E-state index contributed by atoms with van der Waals surface area (Å²) in [5.41, 5.74) is 2.51. The van der Waals surface area contributed by atoms with Gasteiger partial charge in [0.25, 0.3) is 17.4 Å². The SMILES string of the molecule is Cc1ccc(CNC(=O)c2cccn(-c3ccc(NC(=O)c4ccccc4F)cc3)c2=O)cc1. The molecule has 7 heteroatoms. The zero-order valence-corrected chi connectivity index (χ0v) is 18.4. The lowest BCUT2D eigenvalue weighted by Crippen LogP contribution is -2.31. The van der Waals surface area contributed by atoms with Crippen molar-refractivity contribution in [2.45, 2.75) is 13.5 Å². The van der Waals surface area contributed by atoms with E-state index in [2.05, 4.69) is 10.6 Å². The molecular weight excluding hydrogens is 433 g/mol. The number of benzene rings is 3. The molecule has 0 fully saturated rings. The van der Waals surface area contributed by atoms with E-state index in [-0.39, 0.29) is 11.1 Å². The molecular formula is C27H22FN3O3. The van der Waals surface area contributed by atoms with Crippen LogP contribution < -0.4 is 16.2 Å². The summed E-state index contributed by atoms with van der Waals surface area (Å²) in [5, 5.41) is 5.40. The van der Waals surface area contributed by atoms with Gasteiger partial charge in [-0.2, -0.15) is 0 Å². The van der Waals surface area contributed by atoms with Gasteiger partial charge in [0, 0.05) is 24.1 Å². The van der Waals surface area contributed by atoms with Gasteiger partial charge in [-0.1, -0.05) is 42.0 Å². The van der Waals surface area contributed by atoms with E-state index in [9.17, 15) is 18.8 Å². The zero-order chi connectivity index (χ0) is 24.1. The fourth-order valence-corrected chi connectivity index (χ4v) is 3.40. The highest BCUT2D eigenvalue weighted by molar-refractivity contribution is 6.04. The number of nitrogens with zero attached hydrogens (tertiary/aromatic N) is 1.